The van der Waals surface area contributed by atoms with Gasteiger partial charge in [-0.3, -0.25) is 4.98 Å². The van der Waals surface area contributed by atoms with E-state index in [1.807, 2.05) is 24.4 Å². The van der Waals surface area contributed by atoms with Gasteiger partial charge >= 0.3 is 0 Å². The van der Waals surface area contributed by atoms with Gasteiger partial charge in [-0.2, -0.15) is 0 Å². The molecule has 0 amide bonds. The minimum Gasteiger partial charge on any atom is -0.373 e. The number of pyridine rings is 1. The van der Waals surface area contributed by atoms with Gasteiger partial charge < -0.3 is 10.5 Å². The van der Waals surface area contributed by atoms with Crippen LogP contribution in [-0.4, -0.2) is 17.2 Å². The highest BCUT2D eigenvalue weighted by atomic mass is 16.5. The molecule has 2 aromatic rings. The van der Waals surface area contributed by atoms with E-state index < -0.39 is 0 Å². The van der Waals surface area contributed by atoms with Gasteiger partial charge in [0.25, 0.3) is 0 Å². The summed E-state index contributed by atoms with van der Waals surface area (Å²) in [5.41, 5.74) is 8.51. The van der Waals surface area contributed by atoms with Crippen LogP contribution in [0.15, 0.2) is 36.5 Å². The number of hydrogen-bond donors (Lipinski definition) is 1. The van der Waals surface area contributed by atoms with Gasteiger partial charge in [-0.15, -0.1) is 0 Å². The molecule has 1 fully saturated rings. The maximum atomic E-state index is 6.62. The van der Waals surface area contributed by atoms with Crippen molar-refractivity contribution in [3.05, 3.63) is 42.1 Å². The molecule has 1 unspecified atom stereocenters. The van der Waals surface area contributed by atoms with Crippen LogP contribution in [0.5, 0.6) is 0 Å². The Labute approximate surface area is 126 Å². The topological polar surface area (TPSA) is 48.1 Å². The molecule has 1 aromatic carbocycles. The van der Waals surface area contributed by atoms with Crippen LogP contribution < -0.4 is 5.73 Å². The molecule has 2 N–H and O–H groups in total. The largest absolute Gasteiger partial charge is 0.373 e. The van der Waals surface area contributed by atoms with Gasteiger partial charge in [0.1, 0.15) is 0 Å². The van der Waals surface area contributed by atoms with Crippen LogP contribution in [-0.2, 0) is 4.74 Å². The molecular formula is C18H24N2O. The summed E-state index contributed by atoms with van der Waals surface area (Å²) in [6, 6.07) is 10.2. The Morgan fingerprint density at radius 2 is 2.00 bits per heavy atom. The van der Waals surface area contributed by atoms with Crippen LogP contribution in [0, 0.1) is 0 Å². The molecule has 1 aliphatic carbocycles. The highest BCUT2D eigenvalue weighted by molar-refractivity contribution is 5.78. The number of fused-ring (bicyclic) bond motifs is 1. The lowest BCUT2D eigenvalue weighted by Crippen LogP contribution is -2.45. The summed E-state index contributed by atoms with van der Waals surface area (Å²) in [5, 5.41) is 1.15. The van der Waals surface area contributed by atoms with Crippen molar-refractivity contribution in [1.29, 1.82) is 0 Å². The second kappa shape index (κ2) is 6.12. The number of aromatic nitrogens is 1. The zero-order valence-electron chi connectivity index (χ0n) is 12.7. The molecule has 0 aliphatic heterocycles. The summed E-state index contributed by atoms with van der Waals surface area (Å²) in [4.78, 5) is 4.55. The van der Waals surface area contributed by atoms with E-state index in [4.69, 9.17) is 10.5 Å². The fourth-order valence-corrected chi connectivity index (χ4v) is 3.54. The molecule has 112 valence electrons. The van der Waals surface area contributed by atoms with Crippen molar-refractivity contribution in [2.24, 2.45) is 5.73 Å². The number of nitrogens with two attached hydrogens (primary N) is 1. The first-order chi connectivity index (χ1) is 10.2. The van der Waals surface area contributed by atoms with Crippen LogP contribution in [0.4, 0.5) is 0 Å². The Hall–Kier alpha value is -1.45. The molecule has 0 saturated heterocycles. The average Bonchev–Trinajstić information content (AvgIpc) is 2.55. The molecule has 1 atom stereocenters. The first-order valence-electron chi connectivity index (χ1n) is 7.99. The maximum absolute atomic E-state index is 6.62. The van der Waals surface area contributed by atoms with E-state index in [0.717, 1.165) is 29.3 Å². The highest BCUT2D eigenvalue weighted by Crippen LogP contribution is 2.40. The second-order valence-electron chi connectivity index (χ2n) is 6.00. The van der Waals surface area contributed by atoms with Gasteiger partial charge in [-0.05, 0) is 37.5 Å². The molecule has 21 heavy (non-hydrogen) atoms. The molecule has 1 aliphatic rings. The number of para-hydroxylation sites is 1. The summed E-state index contributed by atoms with van der Waals surface area (Å²) >= 11 is 0. The molecular weight excluding hydrogens is 260 g/mol. The van der Waals surface area contributed by atoms with Crippen LogP contribution in [0.25, 0.3) is 10.9 Å². The van der Waals surface area contributed by atoms with Crippen molar-refractivity contribution in [1.82, 2.24) is 4.98 Å². The maximum Gasteiger partial charge on any atom is 0.0874 e. The van der Waals surface area contributed by atoms with Crippen LogP contribution in [0.3, 0.4) is 0 Å². The van der Waals surface area contributed by atoms with Crippen LogP contribution in [0.1, 0.15) is 50.6 Å². The zero-order chi connectivity index (χ0) is 14.7. The lowest BCUT2D eigenvalue weighted by atomic mass is 9.77. The molecule has 1 heterocycles. The third-order valence-electron chi connectivity index (χ3n) is 4.67. The van der Waals surface area contributed by atoms with E-state index in [9.17, 15) is 0 Å². The fraction of sp³-hybridized carbons (Fsp3) is 0.500. The van der Waals surface area contributed by atoms with E-state index in [2.05, 4.69) is 24.0 Å². The summed E-state index contributed by atoms with van der Waals surface area (Å²) in [5.74, 6) is 0. The Balaban J connectivity index is 1.95. The summed E-state index contributed by atoms with van der Waals surface area (Å²) in [6.07, 6.45) is 7.72. The molecule has 0 radical (unpaired) electrons. The molecule has 1 aromatic heterocycles. The Morgan fingerprint density at radius 1 is 1.24 bits per heavy atom. The van der Waals surface area contributed by atoms with Crippen molar-refractivity contribution in [3.8, 4) is 0 Å². The van der Waals surface area contributed by atoms with Gasteiger partial charge in [-0.25, -0.2) is 0 Å². The minimum absolute atomic E-state index is 0.102. The molecule has 0 bridgehead atoms. The smallest absolute Gasteiger partial charge is 0.0874 e. The monoisotopic (exact) mass is 284 g/mol. The zero-order valence-corrected chi connectivity index (χ0v) is 12.7. The van der Waals surface area contributed by atoms with E-state index in [1.165, 1.54) is 19.3 Å². The fourth-order valence-electron chi connectivity index (χ4n) is 3.54. The van der Waals surface area contributed by atoms with Gasteiger partial charge in [0.15, 0.2) is 0 Å². The molecule has 3 nitrogen and oxygen atoms in total. The van der Waals surface area contributed by atoms with Crippen molar-refractivity contribution in [2.75, 3.05) is 6.61 Å². The number of rotatable bonds is 4. The summed E-state index contributed by atoms with van der Waals surface area (Å²) in [7, 11) is 0. The quantitative estimate of drug-likeness (QED) is 0.924. The standard InChI is InChI=1S/C18H24N2O/c1-2-21-18(10-6-3-7-11-18)17(19)15-12-14-8-4-5-9-16(14)20-13-15/h4-5,8-9,12-13,17H,2-3,6-7,10-11,19H2,1H3. The SMILES string of the molecule is CCOC1(C(N)c2cnc3ccccc3c2)CCCCC1. The first kappa shape index (κ1) is 14.5. The molecule has 3 rings (SSSR count). The Bertz CT molecular complexity index is 599. The number of benzene rings is 1. The van der Waals surface area contributed by atoms with Gasteiger partial charge in [-0.1, -0.05) is 37.5 Å². The summed E-state index contributed by atoms with van der Waals surface area (Å²) < 4.78 is 6.15. The van der Waals surface area contributed by atoms with E-state index in [1.54, 1.807) is 0 Å². The molecule has 1 saturated carbocycles. The predicted octanol–water partition coefficient (Wildman–Crippen LogP) is 3.97. The Kier molecular flexibility index (Phi) is 4.22. The van der Waals surface area contributed by atoms with Crippen molar-refractivity contribution in [2.45, 2.75) is 50.7 Å². The normalized spacial score (nSPS) is 19.5. The van der Waals surface area contributed by atoms with E-state index >= 15 is 0 Å². The van der Waals surface area contributed by atoms with Crippen molar-refractivity contribution < 1.29 is 4.74 Å². The first-order valence-corrected chi connectivity index (χ1v) is 7.99. The van der Waals surface area contributed by atoms with E-state index in [-0.39, 0.29) is 11.6 Å². The van der Waals surface area contributed by atoms with E-state index in [0.29, 0.717) is 6.61 Å². The minimum atomic E-state index is -0.211. The number of hydrogen-bond acceptors (Lipinski definition) is 3. The molecule has 3 heteroatoms. The summed E-state index contributed by atoms with van der Waals surface area (Å²) in [6.45, 7) is 2.77. The number of nitrogens with zero attached hydrogens (tertiary/aromatic N) is 1. The predicted molar refractivity (Wildman–Crippen MR) is 86.1 cm³/mol. The van der Waals surface area contributed by atoms with Gasteiger partial charge in [0.2, 0.25) is 0 Å². The Morgan fingerprint density at radius 3 is 2.76 bits per heavy atom. The lowest BCUT2D eigenvalue weighted by molar-refractivity contribution is -0.0831. The third kappa shape index (κ3) is 2.81. The van der Waals surface area contributed by atoms with Crippen molar-refractivity contribution >= 4 is 10.9 Å². The highest BCUT2D eigenvalue weighted by Gasteiger charge is 2.39. The lowest BCUT2D eigenvalue weighted by Gasteiger charge is -2.41. The van der Waals surface area contributed by atoms with Gasteiger partial charge in [0.05, 0.1) is 17.2 Å². The van der Waals surface area contributed by atoms with Crippen LogP contribution >= 0.6 is 0 Å². The average molecular weight is 284 g/mol. The van der Waals surface area contributed by atoms with Gasteiger partial charge in [0, 0.05) is 18.2 Å². The third-order valence-corrected chi connectivity index (χ3v) is 4.67. The molecule has 0 spiro atoms. The number of ether oxygens (including phenoxy) is 1. The van der Waals surface area contributed by atoms with Crippen LogP contribution in [0.2, 0.25) is 0 Å². The van der Waals surface area contributed by atoms with Crippen molar-refractivity contribution in [3.63, 3.8) is 0 Å². The second-order valence-corrected chi connectivity index (χ2v) is 6.00.